The lowest BCUT2D eigenvalue weighted by Gasteiger charge is -2.30. The molecule has 0 aromatic heterocycles. The highest BCUT2D eigenvalue weighted by Gasteiger charge is 2.26. The summed E-state index contributed by atoms with van der Waals surface area (Å²) in [6.07, 6.45) is 9.86. The molecule has 2 saturated carbocycles. The van der Waals surface area contributed by atoms with Gasteiger partial charge >= 0.3 is 0 Å². The third-order valence-electron chi connectivity index (χ3n) is 4.49. The molecule has 0 aromatic rings. The Morgan fingerprint density at radius 2 is 1.41 bits per heavy atom. The van der Waals surface area contributed by atoms with Crippen LogP contribution in [0.15, 0.2) is 0 Å². The molecule has 0 radical (unpaired) electrons. The van der Waals surface area contributed by atoms with Crippen molar-refractivity contribution < 1.29 is 10.2 Å². The molecule has 0 aromatic carbocycles. The zero-order valence-electron chi connectivity index (χ0n) is 10.8. The van der Waals surface area contributed by atoms with Crippen LogP contribution in [-0.4, -0.2) is 35.0 Å². The van der Waals surface area contributed by atoms with Gasteiger partial charge in [-0.2, -0.15) is 0 Å². The van der Waals surface area contributed by atoms with E-state index >= 15 is 0 Å². The van der Waals surface area contributed by atoms with Gasteiger partial charge in [-0.15, -0.1) is 0 Å². The maximum Gasteiger partial charge on any atom is 0.0693 e. The fraction of sp³-hybridized carbons (Fsp3) is 1.00. The van der Waals surface area contributed by atoms with Crippen LogP contribution in [0.3, 0.4) is 0 Å². The van der Waals surface area contributed by atoms with Gasteiger partial charge in [0.25, 0.3) is 0 Å². The van der Waals surface area contributed by atoms with E-state index in [4.69, 9.17) is 0 Å². The van der Waals surface area contributed by atoms with E-state index in [0.717, 1.165) is 38.6 Å². The Bertz CT molecular complexity index is 222. The molecule has 3 N–H and O–H groups in total. The smallest absolute Gasteiger partial charge is 0.0693 e. The standard InChI is InChI=1S/C14H27NO2/c16-13-8-5-4-6-11(13)10-15-12-7-2-1-3-9-14(12)17/h11-17H,1-10H2. The van der Waals surface area contributed by atoms with Crippen molar-refractivity contribution in [3.8, 4) is 0 Å². The van der Waals surface area contributed by atoms with Crippen LogP contribution >= 0.6 is 0 Å². The molecule has 2 rings (SSSR count). The van der Waals surface area contributed by atoms with Crippen LogP contribution in [0, 0.1) is 5.92 Å². The number of hydrogen-bond donors (Lipinski definition) is 3. The van der Waals surface area contributed by atoms with E-state index in [1.807, 2.05) is 0 Å². The highest BCUT2D eigenvalue weighted by atomic mass is 16.3. The van der Waals surface area contributed by atoms with Crippen LogP contribution in [0.2, 0.25) is 0 Å². The fourth-order valence-electron chi connectivity index (χ4n) is 3.26. The van der Waals surface area contributed by atoms with Crippen molar-refractivity contribution in [2.45, 2.75) is 76.0 Å². The van der Waals surface area contributed by atoms with E-state index in [-0.39, 0.29) is 18.2 Å². The lowest BCUT2D eigenvalue weighted by Crippen LogP contribution is -2.44. The predicted octanol–water partition coefficient (Wildman–Crippen LogP) is 1.82. The molecule has 2 fully saturated rings. The molecule has 4 atom stereocenters. The average Bonchev–Trinajstić information content (AvgIpc) is 2.53. The summed E-state index contributed by atoms with van der Waals surface area (Å²) in [6, 6.07) is 0.256. The van der Waals surface area contributed by atoms with Crippen LogP contribution in [-0.2, 0) is 0 Å². The number of hydrogen-bond acceptors (Lipinski definition) is 3. The van der Waals surface area contributed by atoms with E-state index in [1.54, 1.807) is 0 Å². The van der Waals surface area contributed by atoms with E-state index in [2.05, 4.69) is 5.32 Å². The summed E-state index contributed by atoms with van der Waals surface area (Å²) >= 11 is 0. The highest BCUT2D eigenvalue weighted by Crippen LogP contribution is 2.24. The first-order chi connectivity index (χ1) is 8.27. The van der Waals surface area contributed by atoms with Crippen LogP contribution in [0.5, 0.6) is 0 Å². The molecule has 3 nitrogen and oxygen atoms in total. The number of aliphatic hydroxyl groups excluding tert-OH is 2. The largest absolute Gasteiger partial charge is 0.393 e. The average molecular weight is 241 g/mol. The molecule has 0 spiro atoms. The van der Waals surface area contributed by atoms with Gasteiger partial charge in [-0.25, -0.2) is 0 Å². The summed E-state index contributed by atoms with van der Waals surface area (Å²) in [4.78, 5) is 0. The molecule has 0 aliphatic heterocycles. The Kier molecular flexibility index (Phi) is 5.26. The van der Waals surface area contributed by atoms with Gasteiger partial charge < -0.3 is 15.5 Å². The Hall–Kier alpha value is -0.120. The lowest BCUT2D eigenvalue weighted by molar-refractivity contribution is 0.0596. The molecular weight excluding hydrogens is 214 g/mol. The normalized spacial score (nSPS) is 39.9. The van der Waals surface area contributed by atoms with Crippen LogP contribution in [0.1, 0.15) is 57.8 Å². The molecule has 0 saturated heterocycles. The molecule has 0 amide bonds. The summed E-state index contributed by atoms with van der Waals surface area (Å²) in [5.74, 6) is 0.402. The second-order valence-electron chi connectivity index (χ2n) is 5.83. The van der Waals surface area contributed by atoms with Crippen molar-refractivity contribution in [1.29, 1.82) is 0 Å². The lowest BCUT2D eigenvalue weighted by atomic mass is 9.86. The quantitative estimate of drug-likeness (QED) is 0.661. The first kappa shape index (κ1) is 13.3. The summed E-state index contributed by atoms with van der Waals surface area (Å²) in [6.45, 7) is 0.878. The maximum atomic E-state index is 10.0. The zero-order chi connectivity index (χ0) is 12.1. The highest BCUT2D eigenvalue weighted by molar-refractivity contribution is 4.82. The first-order valence-corrected chi connectivity index (χ1v) is 7.37. The van der Waals surface area contributed by atoms with Gasteiger partial charge in [0.05, 0.1) is 12.2 Å². The Balaban J connectivity index is 1.75. The van der Waals surface area contributed by atoms with Gasteiger partial charge in [0.2, 0.25) is 0 Å². The molecule has 3 heteroatoms. The third-order valence-corrected chi connectivity index (χ3v) is 4.49. The van der Waals surface area contributed by atoms with Crippen molar-refractivity contribution in [2.24, 2.45) is 5.92 Å². The second kappa shape index (κ2) is 6.72. The van der Waals surface area contributed by atoms with Crippen molar-refractivity contribution in [1.82, 2.24) is 5.32 Å². The molecule has 2 aliphatic carbocycles. The molecule has 0 heterocycles. The van der Waals surface area contributed by atoms with Crippen molar-refractivity contribution in [3.63, 3.8) is 0 Å². The summed E-state index contributed by atoms with van der Waals surface area (Å²) in [5.41, 5.74) is 0. The Morgan fingerprint density at radius 3 is 2.24 bits per heavy atom. The van der Waals surface area contributed by atoms with Crippen LogP contribution in [0.25, 0.3) is 0 Å². The Morgan fingerprint density at radius 1 is 0.765 bits per heavy atom. The number of aliphatic hydroxyl groups is 2. The van der Waals surface area contributed by atoms with Crippen molar-refractivity contribution in [3.05, 3.63) is 0 Å². The monoisotopic (exact) mass is 241 g/mol. The molecule has 100 valence electrons. The number of rotatable bonds is 3. The van der Waals surface area contributed by atoms with E-state index in [9.17, 15) is 10.2 Å². The van der Waals surface area contributed by atoms with Gasteiger partial charge in [-0.05, 0) is 31.6 Å². The Labute approximate surface area is 105 Å². The maximum absolute atomic E-state index is 10.0. The van der Waals surface area contributed by atoms with Crippen LogP contribution < -0.4 is 5.32 Å². The minimum Gasteiger partial charge on any atom is -0.393 e. The second-order valence-corrected chi connectivity index (χ2v) is 5.83. The molecule has 17 heavy (non-hydrogen) atoms. The van der Waals surface area contributed by atoms with Gasteiger partial charge in [0.15, 0.2) is 0 Å². The van der Waals surface area contributed by atoms with E-state index in [0.29, 0.717) is 5.92 Å². The SMILES string of the molecule is OC1CCCCC1CNC1CCCCCC1O. The van der Waals surface area contributed by atoms with Crippen molar-refractivity contribution >= 4 is 0 Å². The predicted molar refractivity (Wildman–Crippen MR) is 68.8 cm³/mol. The number of nitrogens with one attached hydrogen (secondary N) is 1. The van der Waals surface area contributed by atoms with E-state index in [1.165, 1.54) is 25.7 Å². The topological polar surface area (TPSA) is 52.5 Å². The molecular formula is C14H27NO2. The summed E-state index contributed by atoms with van der Waals surface area (Å²) in [5, 5.41) is 23.4. The summed E-state index contributed by atoms with van der Waals surface area (Å²) in [7, 11) is 0. The minimum atomic E-state index is -0.182. The third kappa shape index (κ3) is 3.94. The zero-order valence-corrected chi connectivity index (χ0v) is 10.8. The van der Waals surface area contributed by atoms with Gasteiger partial charge in [-0.1, -0.05) is 32.1 Å². The molecule has 0 bridgehead atoms. The van der Waals surface area contributed by atoms with Gasteiger partial charge in [-0.3, -0.25) is 0 Å². The first-order valence-electron chi connectivity index (χ1n) is 7.37. The minimum absolute atomic E-state index is 0.126. The fourth-order valence-corrected chi connectivity index (χ4v) is 3.26. The van der Waals surface area contributed by atoms with Gasteiger partial charge in [0.1, 0.15) is 0 Å². The van der Waals surface area contributed by atoms with Gasteiger partial charge in [0, 0.05) is 12.6 Å². The summed E-state index contributed by atoms with van der Waals surface area (Å²) < 4.78 is 0. The molecule has 4 unspecified atom stereocenters. The molecule has 2 aliphatic rings. The van der Waals surface area contributed by atoms with Crippen molar-refractivity contribution in [2.75, 3.05) is 6.54 Å². The van der Waals surface area contributed by atoms with E-state index < -0.39 is 0 Å². The van der Waals surface area contributed by atoms with Crippen LogP contribution in [0.4, 0.5) is 0 Å².